The highest BCUT2D eigenvalue weighted by Gasteiger charge is 2.55. The van der Waals surface area contributed by atoms with Crippen molar-refractivity contribution in [3.8, 4) is 0 Å². The van der Waals surface area contributed by atoms with E-state index in [0.29, 0.717) is 11.8 Å². The molecule has 0 aromatic heterocycles. The fourth-order valence-electron chi connectivity index (χ4n) is 5.67. The summed E-state index contributed by atoms with van der Waals surface area (Å²) in [7, 11) is 0. The normalized spacial score (nSPS) is 45.7. The molecule has 4 nitrogen and oxygen atoms in total. The van der Waals surface area contributed by atoms with Crippen LogP contribution in [0.2, 0.25) is 0 Å². The maximum absolute atomic E-state index is 12.5. The average Bonchev–Trinajstić information content (AvgIpc) is 3.10. The zero-order valence-corrected chi connectivity index (χ0v) is 12.9. The lowest BCUT2D eigenvalue weighted by Gasteiger charge is -2.42. The van der Waals surface area contributed by atoms with Crippen LogP contribution in [0.4, 0.5) is 4.79 Å². The number of nitrogens with zero attached hydrogens (tertiary/aromatic N) is 1. The summed E-state index contributed by atoms with van der Waals surface area (Å²) in [6.07, 6.45) is 9.31. The second-order valence-corrected chi connectivity index (χ2v) is 8.04. The average molecular weight is 290 g/mol. The molecule has 5 unspecified atom stereocenters. The second-order valence-electron chi connectivity index (χ2n) is 8.04. The topological polar surface area (TPSA) is 49.4 Å². The molecule has 0 aromatic rings. The van der Waals surface area contributed by atoms with Crippen LogP contribution in [0.25, 0.3) is 0 Å². The van der Waals surface area contributed by atoms with E-state index < -0.39 is 5.54 Å². The fourth-order valence-corrected chi connectivity index (χ4v) is 5.67. The zero-order chi connectivity index (χ0) is 14.6. The summed E-state index contributed by atoms with van der Waals surface area (Å²) in [4.78, 5) is 26.8. The Balaban J connectivity index is 1.56. The molecule has 3 aliphatic carbocycles. The van der Waals surface area contributed by atoms with Gasteiger partial charge in [-0.3, -0.25) is 10.1 Å². The molecule has 0 radical (unpaired) electrons. The van der Waals surface area contributed by atoms with E-state index in [2.05, 4.69) is 12.2 Å². The van der Waals surface area contributed by atoms with Gasteiger partial charge >= 0.3 is 6.03 Å². The van der Waals surface area contributed by atoms with Crippen molar-refractivity contribution in [3.05, 3.63) is 0 Å². The van der Waals surface area contributed by atoms with Gasteiger partial charge < -0.3 is 4.90 Å². The molecule has 1 heterocycles. The van der Waals surface area contributed by atoms with Gasteiger partial charge in [-0.15, -0.1) is 0 Å². The number of fused-ring (bicyclic) bond motifs is 2. The molecule has 1 aliphatic heterocycles. The van der Waals surface area contributed by atoms with Crippen LogP contribution >= 0.6 is 0 Å². The number of carbonyl (C=O) groups excluding carboxylic acids is 2. The number of nitrogens with one attached hydrogen (secondary N) is 1. The van der Waals surface area contributed by atoms with Crippen LogP contribution in [0.3, 0.4) is 0 Å². The van der Waals surface area contributed by atoms with Gasteiger partial charge in [0.2, 0.25) is 0 Å². The molecule has 2 bridgehead atoms. The van der Waals surface area contributed by atoms with Gasteiger partial charge in [-0.25, -0.2) is 4.79 Å². The van der Waals surface area contributed by atoms with Crippen LogP contribution in [-0.4, -0.2) is 28.9 Å². The number of hydrogen-bond donors (Lipinski definition) is 1. The van der Waals surface area contributed by atoms with Crippen LogP contribution in [0, 0.1) is 23.7 Å². The Bertz CT molecular complexity index is 477. The highest BCUT2D eigenvalue weighted by atomic mass is 16.2. The molecule has 4 heteroatoms. The minimum atomic E-state index is -0.517. The Morgan fingerprint density at radius 1 is 1.24 bits per heavy atom. The molecular formula is C17H26N2O2. The molecule has 21 heavy (non-hydrogen) atoms. The number of imide groups is 1. The van der Waals surface area contributed by atoms with Crippen LogP contribution in [0.5, 0.6) is 0 Å². The number of carbonyl (C=O) groups is 2. The largest absolute Gasteiger partial charge is 0.325 e. The van der Waals surface area contributed by atoms with E-state index in [4.69, 9.17) is 0 Å². The number of urea groups is 1. The lowest BCUT2D eigenvalue weighted by atomic mass is 9.75. The summed E-state index contributed by atoms with van der Waals surface area (Å²) < 4.78 is 0. The summed E-state index contributed by atoms with van der Waals surface area (Å²) >= 11 is 0. The Morgan fingerprint density at radius 3 is 2.76 bits per heavy atom. The van der Waals surface area contributed by atoms with E-state index in [0.717, 1.165) is 37.6 Å². The molecule has 5 atom stereocenters. The van der Waals surface area contributed by atoms with E-state index >= 15 is 0 Å². The SMILES string of the molecule is CC1CCCC2(C1)C(=O)NC(=O)N2CC1CC2CCC1C2. The van der Waals surface area contributed by atoms with Crippen LogP contribution in [0.1, 0.15) is 58.3 Å². The van der Waals surface area contributed by atoms with Gasteiger partial charge in [0.15, 0.2) is 0 Å². The van der Waals surface area contributed by atoms with Crippen molar-refractivity contribution in [3.63, 3.8) is 0 Å². The van der Waals surface area contributed by atoms with Gasteiger partial charge in [0.1, 0.15) is 5.54 Å². The second kappa shape index (κ2) is 4.72. The molecule has 116 valence electrons. The van der Waals surface area contributed by atoms with Gasteiger partial charge in [0.05, 0.1) is 0 Å². The standard InChI is InChI=1S/C17H26N2O2/c1-11-3-2-6-17(9-11)15(20)18-16(21)19(17)10-14-8-12-4-5-13(14)7-12/h11-14H,2-10H2,1H3,(H,18,20,21). The highest BCUT2D eigenvalue weighted by molar-refractivity contribution is 6.07. The van der Waals surface area contributed by atoms with Gasteiger partial charge in [-0.2, -0.15) is 0 Å². The highest BCUT2D eigenvalue weighted by Crippen LogP contribution is 2.50. The van der Waals surface area contributed by atoms with Crippen molar-refractivity contribution >= 4 is 11.9 Å². The van der Waals surface area contributed by atoms with E-state index in [-0.39, 0.29) is 11.9 Å². The molecule has 1 spiro atoms. The van der Waals surface area contributed by atoms with E-state index in [1.165, 1.54) is 32.1 Å². The van der Waals surface area contributed by atoms with Crippen molar-refractivity contribution in [1.29, 1.82) is 0 Å². The molecule has 3 amide bonds. The monoisotopic (exact) mass is 290 g/mol. The summed E-state index contributed by atoms with van der Waals surface area (Å²) in [5, 5.41) is 2.61. The van der Waals surface area contributed by atoms with Crippen LogP contribution in [0.15, 0.2) is 0 Å². The summed E-state index contributed by atoms with van der Waals surface area (Å²) in [5.74, 6) is 2.84. The summed E-state index contributed by atoms with van der Waals surface area (Å²) in [6, 6.07) is -0.128. The van der Waals surface area contributed by atoms with Crippen molar-refractivity contribution in [1.82, 2.24) is 10.2 Å². The number of amides is 3. The predicted molar refractivity (Wildman–Crippen MR) is 79.5 cm³/mol. The molecule has 4 aliphatic rings. The minimum Gasteiger partial charge on any atom is -0.309 e. The first kappa shape index (κ1) is 13.6. The lowest BCUT2D eigenvalue weighted by molar-refractivity contribution is -0.129. The third-order valence-corrected chi connectivity index (χ3v) is 6.68. The van der Waals surface area contributed by atoms with Gasteiger partial charge in [0, 0.05) is 6.54 Å². The molecule has 0 aromatic carbocycles. The number of rotatable bonds is 2. The molecule has 1 saturated heterocycles. The van der Waals surface area contributed by atoms with Crippen LogP contribution < -0.4 is 5.32 Å². The lowest BCUT2D eigenvalue weighted by Crippen LogP contribution is -2.54. The fraction of sp³-hybridized carbons (Fsp3) is 0.882. The third kappa shape index (κ3) is 2.01. The van der Waals surface area contributed by atoms with E-state index in [1.54, 1.807) is 0 Å². The first-order valence-electron chi connectivity index (χ1n) is 8.71. The molecule has 3 saturated carbocycles. The van der Waals surface area contributed by atoms with Crippen molar-refractivity contribution in [2.75, 3.05) is 6.54 Å². The predicted octanol–water partition coefficient (Wildman–Crippen LogP) is 2.92. The maximum Gasteiger partial charge on any atom is 0.325 e. The molecular weight excluding hydrogens is 264 g/mol. The van der Waals surface area contributed by atoms with Crippen molar-refractivity contribution < 1.29 is 9.59 Å². The van der Waals surface area contributed by atoms with E-state index in [1.807, 2.05) is 4.90 Å². The summed E-state index contributed by atoms with van der Waals surface area (Å²) in [5.41, 5.74) is -0.517. The third-order valence-electron chi connectivity index (χ3n) is 6.68. The smallest absolute Gasteiger partial charge is 0.309 e. The van der Waals surface area contributed by atoms with Gasteiger partial charge in [-0.05, 0) is 55.8 Å². The molecule has 4 fully saturated rings. The van der Waals surface area contributed by atoms with Gasteiger partial charge in [-0.1, -0.05) is 26.2 Å². The maximum atomic E-state index is 12.5. The Morgan fingerprint density at radius 2 is 2.10 bits per heavy atom. The zero-order valence-electron chi connectivity index (χ0n) is 12.9. The summed E-state index contributed by atoms with van der Waals surface area (Å²) in [6.45, 7) is 3.03. The van der Waals surface area contributed by atoms with Gasteiger partial charge in [0.25, 0.3) is 5.91 Å². The first-order chi connectivity index (χ1) is 10.1. The number of hydrogen-bond acceptors (Lipinski definition) is 2. The van der Waals surface area contributed by atoms with E-state index in [9.17, 15) is 9.59 Å². The first-order valence-corrected chi connectivity index (χ1v) is 8.71. The Hall–Kier alpha value is -1.06. The van der Waals surface area contributed by atoms with Crippen LogP contribution in [-0.2, 0) is 4.79 Å². The molecule has 1 N–H and O–H groups in total. The Kier molecular flexibility index (Phi) is 3.05. The quantitative estimate of drug-likeness (QED) is 0.795. The Labute approximate surface area is 126 Å². The van der Waals surface area contributed by atoms with Crippen molar-refractivity contribution in [2.45, 2.75) is 63.8 Å². The molecule has 4 rings (SSSR count). The minimum absolute atomic E-state index is 0.0257. The van der Waals surface area contributed by atoms with Crippen molar-refractivity contribution in [2.24, 2.45) is 23.7 Å².